The predicted octanol–water partition coefficient (Wildman–Crippen LogP) is 3.28. The molecule has 0 fully saturated rings. The fourth-order valence-electron chi connectivity index (χ4n) is 3.35. The molecule has 1 aromatic carbocycles. The van der Waals surface area contributed by atoms with E-state index in [0.717, 1.165) is 23.4 Å². The number of benzene rings is 1. The monoisotopic (exact) mass is 385 g/mol. The van der Waals surface area contributed by atoms with Crippen LogP contribution in [0.1, 0.15) is 24.6 Å². The van der Waals surface area contributed by atoms with Gasteiger partial charge in [-0.2, -0.15) is 5.10 Å². The van der Waals surface area contributed by atoms with Crippen LogP contribution in [0.3, 0.4) is 0 Å². The lowest BCUT2D eigenvalue weighted by molar-refractivity contribution is -0.101. The highest BCUT2D eigenvalue weighted by atomic mass is 16.7. The summed E-state index contributed by atoms with van der Waals surface area (Å²) in [4.78, 5) is 13.7. The van der Waals surface area contributed by atoms with Gasteiger partial charge in [-0.15, -0.1) is 0 Å². The van der Waals surface area contributed by atoms with Gasteiger partial charge < -0.3 is 19.1 Å². The Labute approximate surface area is 165 Å². The summed E-state index contributed by atoms with van der Waals surface area (Å²) < 4.78 is 17.9. The Morgan fingerprint density at radius 2 is 1.96 bits per heavy atom. The maximum atomic E-state index is 11.9. The lowest BCUT2D eigenvalue weighted by Crippen LogP contribution is -2.35. The number of ether oxygens (including phenoxy) is 3. The molecule has 0 unspecified atom stereocenters. The van der Waals surface area contributed by atoms with Crippen molar-refractivity contribution in [1.82, 2.24) is 14.7 Å². The molecule has 0 saturated carbocycles. The molecule has 0 aliphatic carbocycles. The minimum atomic E-state index is -0.363. The molecule has 0 spiro atoms. The first-order valence-electron chi connectivity index (χ1n) is 9.47. The van der Waals surface area contributed by atoms with Gasteiger partial charge in [0.05, 0.1) is 24.2 Å². The first-order valence-corrected chi connectivity index (χ1v) is 9.47. The van der Waals surface area contributed by atoms with Crippen molar-refractivity contribution in [3.05, 3.63) is 53.9 Å². The van der Waals surface area contributed by atoms with E-state index in [0.29, 0.717) is 26.1 Å². The molecule has 0 atom stereocenters. The van der Waals surface area contributed by atoms with Crippen molar-refractivity contribution in [2.75, 3.05) is 33.9 Å². The van der Waals surface area contributed by atoms with E-state index in [2.05, 4.69) is 11.2 Å². The van der Waals surface area contributed by atoms with Gasteiger partial charge in [0.15, 0.2) is 6.29 Å². The van der Waals surface area contributed by atoms with Crippen molar-refractivity contribution in [3.8, 4) is 5.69 Å². The molecule has 7 nitrogen and oxygen atoms in total. The van der Waals surface area contributed by atoms with E-state index >= 15 is 0 Å². The maximum absolute atomic E-state index is 11.9. The quantitative estimate of drug-likeness (QED) is 0.685. The van der Waals surface area contributed by atoms with Crippen LogP contribution in [-0.4, -0.2) is 61.0 Å². The lowest BCUT2D eigenvalue weighted by atomic mass is 9.98. The van der Waals surface area contributed by atoms with Crippen LogP contribution >= 0.6 is 0 Å². The van der Waals surface area contributed by atoms with E-state index in [9.17, 15) is 4.79 Å². The minimum Gasteiger partial charge on any atom is -0.450 e. The molecule has 7 heteroatoms. The third kappa shape index (κ3) is 4.43. The molecule has 1 aliphatic rings. The molecular weight excluding hydrogens is 358 g/mol. The Hall–Kier alpha value is -2.64. The van der Waals surface area contributed by atoms with Gasteiger partial charge in [-0.3, -0.25) is 0 Å². The molecule has 0 bridgehead atoms. The number of aromatic nitrogens is 2. The number of para-hydroxylation sites is 1. The number of nitrogens with zero attached hydrogens (tertiary/aromatic N) is 3. The third-order valence-corrected chi connectivity index (χ3v) is 4.84. The molecule has 2 heterocycles. The summed E-state index contributed by atoms with van der Waals surface area (Å²) in [5.41, 5.74) is 4.24. The Morgan fingerprint density at radius 1 is 1.21 bits per heavy atom. The van der Waals surface area contributed by atoms with Crippen molar-refractivity contribution < 1.29 is 19.0 Å². The number of carbonyl (C=O) groups is 1. The topological polar surface area (TPSA) is 65.8 Å². The number of amides is 1. The van der Waals surface area contributed by atoms with Crippen LogP contribution in [0.15, 0.2) is 42.6 Å². The molecule has 1 aliphatic heterocycles. The van der Waals surface area contributed by atoms with Gasteiger partial charge in [-0.1, -0.05) is 24.3 Å². The zero-order valence-corrected chi connectivity index (χ0v) is 16.6. The summed E-state index contributed by atoms with van der Waals surface area (Å²) in [6.07, 6.45) is 4.64. The smallest absolute Gasteiger partial charge is 0.410 e. The van der Waals surface area contributed by atoms with E-state index < -0.39 is 0 Å². The highest BCUT2D eigenvalue weighted by Gasteiger charge is 2.24. The average molecular weight is 385 g/mol. The van der Waals surface area contributed by atoms with E-state index in [1.807, 2.05) is 48.1 Å². The minimum absolute atomic E-state index is 0.267. The van der Waals surface area contributed by atoms with E-state index in [1.165, 1.54) is 5.57 Å². The first kappa shape index (κ1) is 20.1. The van der Waals surface area contributed by atoms with Crippen LogP contribution in [0.5, 0.6) is 0 Å². The SMILES string of the molecule is CCOC(=O)N1CC=C(c2cnn(-c3ccccc3)c2CC(OC)OC)CC1. The van der Waals surface area contributed by atoms with Crippen LogP contribution in [0.25, 0.3) is 11.3 Å². The number of rotatable bonds is 7. The molecule has 0 saturated heterocycles. The molecule has 1 amide bonds. The van der Waals surface area contributed by atoms with Gasteiger partial charge in [-0.05, 0) is 31.1 Å². The number of carbonyl (C=O) groups excluding carboxylic acids is 1. The molecule has 150 valence electrons. The second kappa shape index (κ2) is 9.52. The summed E-state index contributed by atoms with van der Waals surface area (Å²) >= 11 is 0. The van der Waals surface area contributed by atoms with Crippen LogP contribution in [0, 0.1) is 0 Å². The Morgan fingerprint density at radius 3 is 2.57 bits per heavy atom. The summed E-state index contributed by atoms with van der Waals surface area (Å²) in [5, 5.41) is 4.63. The normalized spacial score (nSPS) is 14.3. The maximum Gasteiger partial charge on any atom is 0.410 e. The van der Waals surface area contributed by atoms with Crippen LogP contribution in [0.4, 0.5) is 4.79 Å². The first-order chi connectivity index (χ1) is 13.7. The number of methoxy groups -OCH3 is 2. The van der Waals surface area contributed by atoms with Gasteiger partial charge in [-0.25, -0.2) is 9.48 Å². The molecule has 28 heavy (non-hydrogen) atoms. The standard InChI is InChI=1S/C21H27N3O4/c1-4-28-21(25)23-12-10-16(11-13-23)18-15-22-24(17-8-6-5-7-9-17)19(18)14-20(26-2)27-3/h5-10,15,20H,4,11-14H2,1-3H3. The van der Waals surface area contributed by atoms with E-state index in [1.54, 1.807) is 19.1 Å². The van der Waals surface area contributed by atoms with Gasteiger partial charge in [0.2, 0.25) is 0 Å². The van der Waals surface area contributed by atoms with Crippen molar-refractivity contribution >= 4 is 11.7 Å². The molecule has 1 aromatic heterocycles. The van der Waals surface area contributed by atoms with Crippen molar-refractivity contribution in [2.24, 2.45) is 0 Å². The Bertz CT molecular complexity index is 812. The predicted molar refractivity (Wildman–Crippen MR) is 106 cm³/mol. The fourth-order valence-corrected chi connectivity index (χ4v) is 3.35. The van der Waals surface area contributed by atoms with Crippen molar-refractivity contribution in [3.63, 3.8) is 0 Å². The number of hydrogen-bond acceptors (Lipinski definition) is 5. The molecule has 3 rings (SSSR count). The van der Waals surface area contributed by atoms with Crippen molar-refractivity contribution in [1.29, 1.82) is 0 Å². The van der Waals surface area contributed by atoms with Crippen LogP contribution in [-0.2, 0) is 20.6 Å². The van der Waals surface area contributed by atoms with Gasteiger partial charge in [0.1, 0.15) is 0 Å². The van der Waals surface area contributed by atoms with Crippen LogP contribution < -0.4 is 0 Å². The highest BCUT2D eigenvalue weighted by molar-refractivity contribution is 5.73. The second-order valence-electron chi connectivity index (χ2n) is 6.48. The molecule has 0 radical (unpaired) electrons. The summed E-state index contributed by atoms with van der Waals surface area (Å²) in [7, 11) is 3.27. The molecular formula is C21H27N3O4. The lowest BCUT2D eigenvalue weighted by Gasteiger charge is -2.26. The van der Waals surface area contributed by atoms with E-state index in [4.69, 9.17) is 14.2 Å². The average Bonchev–Trinajstić information content (AvgIpc) is 3.16. The van der Waals surface area contributed by atoms with E-state index in [-0.39, 0.29) is 12.4 Å². The Balaban J connectivity index is 1.91. The molecule has 2 aromatic rings. The van der Waals surface area contributed by atoms with Gasteiger partial charge in [0.25, 0.3) is 0 Å². The largest absolute Gasteiger partial charge is 0.450 e. The van der Waals surface area contributed by atoms with Gasteiger partial charge >= 0.3 is 6.09 Å². The summed E-state index contributed by atoms with van der Waals surface area (Å²) in [6.45, 7) is 3.35. The third-order valence-electron chi connectivity index (χ3n) is 4.84. The van der Waals surface area contributed by atoms with Gasteiger partial charge in [0, 0.05) is 39.3 Å². The summed E-state index contributed by atoms with van der Waals surface area (Å²) in [6, 6.07) is 10.00. The Kier molecular flexibility index (Phi) is 6.84. The number of hydrogen-bond donors (Lipinski definition) is 0. The summed E-state index contributed by atoms with van der Waals surface area (Å²) in [5.74, 6) is 0. The van der Waals surface area contributed by atoms with Crippen molar-refractivity contribution in [2.45, 2.75) is 26.1 Å². The zero-order valence-electron chi connectivity index (χ0n) is 16.6. The second-order valence-corrected chi connectivity index (χ2v) is 6.48. The fraction of sp³-hybridized carbons (Fsp3) is 0.429. The molecule has 0 N–H and O–H groups in total. The highest BCUT2D eigenvalue weighted by Crippen LogP contribution is 2.28. The zero-order chi connectivity index (χ0) is 19.9. The van der Waals surface area contributed by atoms with Crippen LogP contribution in [0.2, 0.25) is 0 Å².